The maximum atomic E-state index is 13.0. The molecule has 7 heteroatoms. The number of anilines is 2. The zero-order valence-electron chi connectivity index (χ0n) is 18.2. The first-order chi connectivity index (χ1) is 15.4. The molecule has 0 radical (unpaired) electrons. The van der Waals surface area contributed by atoms with E-state index in [-0.39, 0.29) is 18.0 Å². The highest BCUT2D eigenvalue weighted by molar-refractivity contribution is 6.08. The van der Waals surface area contributed by atoms with Crippen molar-refractivity contribution >= 4 is 34.3 Å². The summed E-state index contributed by atoms with van der Waals surface area (Å²) >= 11 is 0. The van der Waals surface area contributed by atoms with E-state index < -0.39 is 0 Å². The molecular weight excluding hydrogens is 402 g/mol. The van der Waals surface area contributed by atoms with Gasteiger partial charge in [0.25, 0.3) is 5.91 Å². The number of fused-ring (bicyclic) bond motifs is 1. The summed E-state index contributed by atoms with van der Waals surface area (Å²) in [5.41, 5.74) is 4.20. The standard InChI is InChI=1S/C25H25N5O2/c1-16(2)26-25(32)29-21-12-8-7-11-20(21)28-24(31)18-13-14-23-22(15-18)27-17(3)30(23)19-9-5-4-6-10-19/h4-16H,1-3H3,(H,28,31)(H2,26,29,32). The molecule has 0 bridgehead atoms. The summed E-state index contributed by atoms with van der Waals surface area (Å²) in [7, 11) is 0. The topological polar surface area (TPSA) is 88.1 Å². The highest BCUT2D eigenvalue weighted by Crippen LogP contribution is 2.25. The van der Waals surface area contributed by atoms with E-state index in [4.69, 9.17) is 0 Å². The summed E-state index contributed by atoms with van der Waals surface area (Å²) in [6, 6.07) is 22.2. The molecule has 1 heterocycles. The summed E-state index contributed by atoms with van der Waals surface area (Å²) in [4.78, 5) is 29.7. The molecule has 1 aromatic heterocycles. The molecule has 0 aliphatic rings. The molecule has 0 aliphatic carbocycles. The summed E-state index contributed by atoms with van der Waals surface area (Å²) in [5.74, 6) is 0.562. The van der Waals surface area contributed by atoms with Crippen molar-refractivity contribution in [1.29, 1.82) is 0 Å². The van der Waals surface area contributed by atoms with E-state index in [2.05, 4.69) is 25.5 Å². The lowest BCUT2D eigenvalue weighted by Gasteiger charge is -2.14. The third kappa shape index (κ3) is 4.46. The van der Waals surface area contributed by atoms with Crippen LogP contribution in [0.1, 0.15) is 30.0 Å². The Morgan fingerprint density at radius 3 is 2.22 bits per heavy atom. The van der Waals surface area contributed by atoms with Crippen molar-refractivity contribution in [3.63, 3.8) is 0 Å². The summed E-state index contributed by atoms with van der Waals surface area (Å²) < 4.78 is 2.06. The van der Waals surface area contributed by atoms with Crippen LogP contribution in [-0.2, 0) is 0 Å². The summed E-state index contributed by atoms with van der Waals surface area (Å²) in [5, 5.41) is 8.44. The highest BCUT2D eigenvalue weighted by atomic mass is 16.2. The van der Waals surface area contributed by atoms with Gasteiger partial charge < -0.3 is 16.0 Å². The van der Waals surface area contributed by atoms with Crippen molar-refractivity contribution in [2.75, 3.05) is 10.6 Å². The Labute approximate surface area is 186 Å². The zero-order chi connectivity index (χ0) is 22.7. The number of imidazole rings is 1. The summed E-state index contributed by atoms with van der Waals surface area (Å²) in [6.07, 6.45) is 0. The normalized spacial score (nSPS) is 10.9. The van der Waals surface area contributed by atoms with Gasteiger partial charge in [0.1, 0.15) is 5.82 Å². The van der Waals surface area contributed by atoms with Gasteiger partial charge in [-0.05, 0) is 63.2 Å². The Morgan fingerprint density at radius 1 is 0.875 bits per heavy atom. The number of hydrogen-bond donors (Lipinski definition) is 3. The van der Waals surface area contributed by atoms with Crippen LogP contribution in [0.15, 0.2) is 72.8 Å². The smallest absolute Gasteiger partial charge is 0.319 e. The van der Waals surface area contributed by atoms with Gasteiger partial charge in [-0.3, -0.25) is 9.36 Å². The van der Waals surface area contributed by atoms with Crippen molar-refractivity contribution in [2.45, 2.75) is 26.8 Å². The number of para-hydroxylation sites is 3. The Hall–Kier alpha value is -4.13. The van der Waals surface area contributed by atoms with Crippen LogP contribution in [0.3, 0.4) is 0 Å². The average molecular weight is 428 g/mol. The van der Waals surface area contributed by atoms with Crippen LogP contribution in [0.2, 0.25) is 0 Å². The molecular formula is C25H25N5O2. The number of nitrogens with zero attached hydrogens (tertiary/aromatic N) is 2. The number of carbonyl (C=O) groups is 2. The number of aromatic nitrogens is 2. The number of nitrogens with one attached hydrogen (secondary N) is 3. The molecule has 0 atom stereocenters. The molecule has 4 rings (SSSR count). The average Bonchev–Trinajstić information content (AvgIpc) is 3.10. The molecule has 0 aliphatic heterocycles. The SMILES string of the molecule is Cc1nc2cc(C(=O)Nc3ccccc3NC(=O)NC(C)C)ccc2n1-c1ccccc1. The fourth-order valence-electron chi connectivity index (χ4n) is 3.56. The van der Waals surface area contributed by atoms with Gasteiger partial charge in [0.05, 0.1) is 22.4 Å². The zero-order valence-corrected chi connectivity index (χ0v) is 18.2. The molecule has 3 amide bonds. The van der Waals surface area contributed by atoms with Crippen molar-refractivity contribution in [2.24, 2.45) is 0 Å². The predicted molar refractivity (Wildman–Crippen MR) is 127 cm³/mol. The molecule has 32 heavy (non-hydrogen) atoms. The van der Waals surface area contributed by atoms with Crippen LogP contribution in [0.25, 0.3) is 16.7 Å². The Morgan fingerprint density at radius 2 is 1.53 bits per heavy atom. The lowest BCUT2D eigenvalue weighted by atomic mass is 10.1. The molecule has 7 nitrogen and oxygen atoms in total. The Bertz CT molecular complexity index is 1280. The predicted octanol–water partition coefficient (Wildman–Crippen LogP) is 5.12. The van der Waals surface area contributed by atoms with Crippen LogP contribution < -0.4 is 16.0 Å². The molecule has 3 aromatic carbocycles. The van der Waals surface area contributed by atoms with Crippen LogP contribution in [0.4, 0.5) is 16.2 Å². The lowest BCUT2D eigenvalue weighted by molar-refractivity contribution is 0.102. The number of carbonyl (C=O) groups excluding carboxylic acids is 2. The monoisotopic (exact) mass is 427 g/mol. The lowest BCUT2D eigenvalue weighted by Crippen LogP contribution is -2.34. The Balaban J connectivity index is 1.59. The van der Waals surface area contributed by atoms with Crippen molar-refractivity contribution < 1.29 is 9.59 Å². The molecule has 0 fully saturated rings. The maximum absolute atomic E-state index is 13.0. The first kappa shape index (κ1) is 21.1. The van der Waals surface area contributed by atoms with E-state index in [9.17, 15) is 9.59 Å². The second kappa shape index (κ2) is 8.93. The fourth-order valence-corrected chi connectivity index (χ4v) is 3.56. The minimum Gasteiger partial charge on any atom is -0.336 e. The van der Waals surface area contributed by atoms with Crippen LogP contribution in [0, 0.1) is 6.92 Å². The van der Waals surface area contributed by atoms with Crippen molar-refractivity contribution in [3.05, 3.63) is 84.2 Å². The van der Waals surface area contributed by atoms with Gasteiger partial charge in [-0.25, -0.2) is 9.78 Å². The number of rotatable bonds is 5. The fraction of sp³-hybridized carbons (Fsp3) is 0.160. The quantitative estimate of drug-likeness (QED) is 0.413. The van der Waals surface area contributed by atoms with Crippen LogP contribution >= 0.6 is 0 Å². The van der Waals surface area contributed by atoms with Gasteiger partial charge in [-0.1, -0.05) is 30.3 Å². The number of benzene rings is 3. The third-order valence-corrected chi connectivity index (χ3v) is 4.94. The molecule has 0 saturated heterocycles. The van der Waals surface area contributed by atoms with Crippen molar-refractivity contribution in [1.82, 2.24) is 14.9 Å². The van der Waals surface area contributed by atoms with E-state index in [0.717, 1.165) is 22.5 Å². The van der Waals surface area contributed by atoms with Gasteiger partial charge >= 0.3 is 6.03 Å². The molecule has 162 valence electrons. The van der Waals surface area contributed by atoms with E-state index >= 15 is 0 Å². The van der Waals surface area contributed by atoms with Gasteiger partial charge in [0.15, 0.2) is 0 Å². The molecule has 4 aromatic rings. The molecule has 0 spiro atoms. The second-order valence-corrected chi connectivity index (χ2v) is 7.79. The van der Waals surface area contributed by atoms with E-state index in [1.54, 1.807) is 36.4 Å². The number of hydrogen-bond acceptors (Lipinski definition) is 3. The highest BCUT2D eigenvalue weighted by Gasteiger charge is 2.15. The maximum Gasteiger partial charge on any atom is 0.319 e. The van der Waals surface area contributed by atoms with Gasteiger partial charge in [0.2, 0.25) is 0 Å². The molecule has 0 saturated carbocycles. The third-order valence-electron chi connectivity index (χ3n) is 4.94. The second-order valence-electron chi connectivity index (χ2n) is 7.79. The van der Waals surface area contributed by atoms with E-state index in [1.165, 1.54) is 0 Å². The first-order valence-electron chi connectivity index (χ1n) is 10.4. The number of aryl methyl sites for hydroxylation is 1. The first-order valence-corrected chi connectivity index (χ1v) is 10.4. The number of urea groups is 1. The van der Waals surface area contributed by atoms with E-state index in [1.807, 2.05) is 57.2 Å². The summed E-state index contributed by atoms with van der Waals surface area (Å²) in [6.45, 7) is 5.70. The largest absolute Gasteiger partial charge is 0.336 e. The van der Waals surface area contributed by atoms with Crippen molar-refractivity contribution in [3.8, 4) is 5.69 Å². The number of amides is 3. The van der Waals surface area contributed by atoms with Gasteiger partial charge in [-0.15, -0.1) is 0 Å². The van der Waals surface area contributed by atoms with Gasteiger partial charge in [-0.2, -0.15) is 0 Å². The minimum absolute atomic E-state index is 0.00244. The van der Waals surface area contributed by atoms with Gasteiger partial charge in [0, 0.05) is 17.3 Å². The Kier molecular flexibility index (Phi) is 5.89. The van der Waals surface area contributed by atoms with Crippen LogP contribution in [-0.4, -0.2) is 27.5 Å². The minimum atomic E-state index is -0.329. The van der Waals surface area contributed by atoms with E-state index in [0.29, 0.717) is 16.9 Å². The molecule has 3 N–H and O–H groups in total. The molecule has 0 unspecified atom stereocenters. The van der Waals surface area contributed by atoms with Crippen LogP contribution in [0.5, 0.6) is 0 Å².